The van der Waals surface area contributed by atoms with Gasteiger partial charge in [0.15, 0.2) is 0 Å². The molecule has 0 spiro atoms. The van der Waals surface area contributed by atoms with Crippen LogP contribution in [0.5, 0.6) is 0 Å². The van der Waals surface area contributed by atoms with Gasteiger partial charge in [-0.3, -0.25) is 4.79 Å². The number of anilines is 1. The predicted octanol–water partition coefficient (Wildman–Crippen LogP) is 6.38. The van der Waals surface area contributed by atoms with Crippen molar-refractivity contribution in [2.45, 2.75) is 19.8 Å². The molecule has 1 N–H and O–H groups in total. The van der Waals surface area contributed by atoms with E-state index >= 15 is 0 Å². The quantitative estimate of drug-likeness (QED) is 0.512. The van der Waals surface area contributed by atoms with Gasteiger partial charge in [0.05, 0.1) is 0 Å². The van der Waals surface area contributed by atoms with Crippen LogP contribution in [-0.4, -0.2) is 5.91 Å². The third-order valence-electron chi connectivity index (χ3n) is 4.13. The molecule has 3 aromatic carbocycles. The molecule has 0 radical (unpaired) electrons. The van der Waals surface area contributed by atoms with Crippen LogP contribution in [0.1, 0.15) is 30.9 Å². The van der Waals surface area contributed by atoms with Crippen LogP contribution in [0.15, 0.2) is 71.2 Å². The van der Waals surface area contributed by atoms with Gasteiger partial charge in [0.1, 0.15) is 0 Å². The number of benzene rings is 3. The van der Waals surface area contributed by atoms with E-state index < -0.39 is 0 Å². The monoisotopic (exact) mass is 393 g/mol. The fraction of sp³-hybridized carbons (Fsp3) is 0.136. The summed E-state index contributed by atoms with van der Waals surface area (Å²) in [6, 6.07) is 20.2. The Morgan fingerprint density at radius 3 is 2.52 bits per heavy atom. The Morgan fingerprint density at radius 2 is 1.80 bits per heavy atom. The molecular weight excluding hydrogens is 374 g/mol. The first-order chi connectivity index (χ1) is 12.0. The molecule has 3 aromatic rings. The molecule has 1 amide bonds. The lowest BCUT2D eigenvalue weighted by atomic mass is 10.0. The van der Waals surface area contributed by atoms with Crippen molar-refractivity contribution >= 4 is 44.4 Å². The van der Waals surface area contributed by atoms with E-state index in [0.717, 1.165) is 26.5 Å². The van der Waals surface area contributed by atoms with E-state index in [4.69, 9.17) is 0 Å². The summed E-state index contributed by atoms with van der Waals surface area (Å²) in [6.45, 7) is 4.33. The van der Waals surface area contributed by atoms with Gasteiger partial charge in [-0.25, -0.2) is 0 Å². The Kier molecular flexibility index (Phi) is 5.34. The number of fused-ring (bicyclic) bond motifs is 1. The van der Waals surface area contributed by atoms with Crippen molar-refractivity contribution in [3.8, 4) is 0 Å². The number of nitrogens with one attached hydrogen (secondary N) is 1. The van der Waals surface area contributed by atoms with E-state index in [1.807, 2.05) is 54.6 Å². The molecule has 0 aromatic heterocycles. The maximum absolute atomic E-state index is 12.2. The Labute approximate surface area is 156 Å². The van der Waals surface area contributed by atoms with Gasteiger partial charge in [-0.1, -0.05) is 72.2 Å². The van der Waals surface area contributed by atoms with Gasteiger partial charge in [0, 0.05) is 16.2 Å². The molecule has 0 aliphatic heterocycles. The van der Waals surface area contributed by atoms with E-state index in [-0.39, 0.29) is 5.91 Å². The van der Waals surface area contributed by atoms with E-state index in [0.29, 0.717) is 5.92 Å². The standard InChI is InChI=1S/C22H20BrNO/c1-15(2)17-9-6-16(7-10-17)8-13-22(25)24-19-11-12-20-18(14-19)4-3-5-21(20)23/h3-15H,1-2H3,(H,24,25)/b13-8-. The van der Waals surface area contributed by atoms with Gasteiger partial charge in [-0.2, -0.15) is 0 Å². The zero-order valence-electron chi connectivity index (χ0n) is 14.3. The first-order valence-corrected chi connectivity index (χ1v) is 9.09. The van der Waals surface area contributed by atoms with Gasteiger partial charge in [0.2, 0.25) is 5.91 Å². The second kappa shape index (κ2) is 7.66. The first-order valence-electron chi connectivity index (χ1n) is 8.30. The van der Waals surface area contributed by atoms with Gasteiger partial charge in [0.25, 0.3) is 0 Å². The number of carbonyl (C=O) groups is 1. The van der Waals surface area contributed by atoms with E-state index in [1.165, 1.54) is 5.56 Å². The Hall–Kier alpha value is -2.39. The van der Waals surface area contributed by atoms with Crippen molar-refractivity contribution in [2.24, 2.45) is 0 Å². The highest BCUT2D eigenvalue weighted by atomic mass is 79.9. The van der Waals surface area contributed by atoms with Gasteiger partial charge >= 0.3 is 0 Å². The Bertz CT molecular complexity index is 926. The van der Waals surface area contributed by atoms with Crippen LogP contribution in [-0.2, 0) is 4.79 Å². The fourth-order valence-corrected chi connectivity index (χ4v) is 3.18. The minimum Gasteiger partial charge on any atom is -0.322 e. The van der Waals surface area contributed by atoms with Crippen LogP contribution >= 0.6 is 15.9 Å². The maximum Gasteiger partial charge on any atom is 0.248 e. The molecule has 3 heteroatoms. The summed E-state index contributed by atoms with van der Waals surface area (Å²) in [4.78, 5) is 12.2. The van der Waals surface area contributed by atoms with Gasteiger partial charge in [-0.15, -0.1) is 0 Å². The third kappa shape index (κ3) is 4.37. The fourth-order valence-electron chi connectivity index (χ4n) is 2.67. The summed E-state index contributed by atoms with van der Waals surface area (Å²) in [6.07, 6.45) is 3.40. The van der Waals surface area contributed by atoms with Crippen LogP contribution in [0.3, 0.4) is 0 Å². The molecule has 2 nitrogen and oxygen atoms in total. The van der Waals surface area contributed by atoms with E-state index in [2.05, 4.69) is 47.2 Å². The van der Waals surface area contributed by atoms with Gasteiger partial charge in [-0.05, 0) is 52.1 Å². The topological polar surface area (TPSA) is 29.1 Å². The molecule has 0 aliphatic carbocycles. The number of amides is 1. The molecule has 25 heavy (non-hydrogen) atoms. The number of hydrogen-bond acceptors (Lipinski definition) is 1. The molecule has 0 saturated heterocycles. The van der Waals surface area contributed by atoms with Gasteiger partial charge < -0.3 is 5.32 Å². The minimum absolute atomic E-state index is 0.137. The highest BCUT2D eigenvalue weighted by molar-refractivity contribution is 9.10. The second-order valence-electron chi connectivity index (χ2n) is 6.32. The molecule has 3 rings (SSSR count). The molecule has 0 unspecified atom stereocenters. The summed E-state index contributed by atoms with van der Waals surface area (Å²) in [5.41, 5.74) is 3.10. The minimum atomic E-state index is -0.137. The largest absolute Gasteiger partial charge is 0.322 e. The number of hydrogen-bond donors (Lipinski definition) is 1. The lowest BCUT2D eigenvalue weighted by Crippen LogP contribution is -2.07. The molecule has 126 valence electrons. The first kappa shape index (κ1) is 17.4. The highest BCUT2D eigenvalue weighted by Gasteiger charge is 2.02. The summed E-state index contributed by atoms with van der Waals surface area (Å²) in [7, 11) is 0. The number of carbonyl (C=O) groups excluding carboxylic acids is 1. The van der Waals surface area contributed by atoms with Crippen molar-refractivity contribution in [3.05, 3.63) is 82.3 Å². The molecule has 0 atom stereocenters. The molecular formula is C22H20BrNO. The van der Waals surface area contributed by atoms with Crippen molar-refractivity contribution in [1.82, 2.24) is 0 Å². The molecule has 0 heterocycles. The molecule has 0 saturated carbocycles. The van der Waals surface area contributed by atoms with Crippen LogP contribution in [0.4, 0.5) is 5.69 Å². The second-order valence-corrected chi connectivity index (χ2v) is 7.17. The molecule has 0 fully saturated rings. The summed E-state index contributed by atoms with van der Waals surface area (Å²) >= 11 is 3.54. The normalized spacial score (nSPS) is 11.4. The van der Waals surface area contributed by atoms with E-state index in [1.54, 1.807) is 6.08 Å². The number of halogens is 1. The average Bonchev–Trinajstić information content (AvgIpc) is 2.60. The predicted molar refractivity (Wildman–Crippen MR) is 110 cm³/mol. The summed E-state index contributed by atoms with van der Waals surface area (Å²) < 4.78 is 1.05. The lowest BCUT2D eigenvalue weighted by Gasteiger charge is -2.06. The SMILES string of the molecule is CC(C)c1ccc(/C=C\C(=O)Nc2ccc3c(Br)cccc3c2)cc1. The average molecular weight is 394 g/mol. The highest BCUT2D eigenvalue weighted by Crippen LogP contribution is 2.26. The summed E-state index contributed by atoms with van der Waals surface area (Å²) in [5.74, 6) is 0.372. The van der Waals surface area contributed by atoms with Crippen molar-refractivity contribution < 1.29 is 4.79 Å². The van der Waals surface area contributed by atoms with Crippen LogP contribution in [0.25, 0.3) is 16.8 Å². The van der Waals surface area contributed by atoms with E-state index in [9.17, 15) is 4.79 Å². The Balaban J connectivity index is 1.69. The summed E-state index contributed by atoms with van der Waals surface area (Å²) in [5, 5.41) is 5.12. The number of rotatable bonds is 4. The zero-order valence-corrected chi connectivity index (χ0v) is 15.9. The van der Waals surface area contributed by atoms with Crippen molar-refractivity contribution in [1.29, 1.82) is 0 Å². The Morgan fingerprint density at radius 1 is 1.04 bits per heavy atom. The lowest BCUT2D eigenvalue weighted by molar-refractivity contribution is -0.111. The smallest absolute Gasteiger partial charge is 0.248 e. The van der Waals surface area contributed by atoms with Crippen LogP contribution < -0.4 is 5.32 Å². The maximum atomic E-state index is 12.2. The zero-order chi connectivity index (χ0) is 17.8. The third-order valence-corrected chi connectivity index (χ3v) is 4.82. The molecule has 0 aliphatic rings. The van der Waals surface area contributed by atoms with Crippen LogP contribution in [0, 0.1) is 0 Å². The van der Waals surface area contributed by atoms with Crippen molar-refractivity contribution in [3.63, 3.8) is 0 Å². The molecule has 0 bridgehead atoms. The van der Waals surface area contributed by atoms with Crippen molar-refractivity contribution in [2.75, 3.05) is 5.32 Å². The van der Waals surface area contributed by atoms with Crippen LogP contribution in [0.2, 0.25) is 0 Å².